The first-order chi connectivity index (χ1) is 18.9. The summed E-state index contributed by atoms with van der Waals surface area (Å²) in [6.07, 6.45) is 3.56. The first-order valence-electron chi connectivity index (χ1n) is 12.7. The van der Waals surface area contributed by atoms with Crippen LogP contribution in [-0.2, 0) is 12.0 Å². The summed E-state index contributed by atoms with van der Waals surface area (Å²) in [5.74, 6) is 0.724. The average Bonchev–Trinajstić information content (AvgIpc) is 3.74. The van der Waals surface area contributed by atoms with Crippen LogP contribution >= 0.6 is 11.3 Å². The molecule has 1 amide bonds. The van der Waals surface area contributed by atoms with Crippen molar-refractivity contribution in [2.75, 3.05) is 6.54 Å². The van der Waals surface area contributed by atoms with Crippen LogP contribution in [0.5, 0.6) is 0 Å². The van der Waals surface area contributed by atoms with Crippen molar-refractivity contribution >= 4 is 17.2 Å². The number of likely N-dealkylation sites (tertiary alicyclic amines) is 1. The average molecular weight is 542 g/mol. The summed E-state index contributed by atoms with van der Waals surface area (Å²) in [6, 6.07) is 15.1. The minimum atomic E-state index is -0.885. The van der Waals surface area contributed by atoms with E-state index in [9.17, 15) is 4.79 Å². The van der Waals surface area contributed by atoms with Gasteiger partial charge in [-0.25, -0.2) is 4.98 Å². The number of amides is 1. The highest BCUT2D eigenvalue weighted by Gasteiger charge is 2.34. The van der Waals surface area contributed by atoms with E-state index >= 15 is 0 Å². The second-order valence-corrected chi connectivity index (χ2v) is 10.9. The summed E-state index contributed by atoms with van der Waals surface area (Å²) < 4.78 is 11.5. The van der Waals surface area contributed by atoms with Crippen molar-refractivity contribution in [1.29, 1.82) is 0 Å². The third-order valence-corrected chi connectivity index (χ3v) is 7.86. The molecule has 0 spiro atoms. The van der Waals surface area contributed by atoms with Crippen LogP contribution in [-0.4, -0.2) is 42.7 Å². The summed E-state index contributed by atoms with van der Waals surface area (Å²) in [6.45, 7) is 4.47. The number of hydrogen-bond donors (Lipinski definition) is 1. The predicted molar refractivity (Wildman–Crippen MR) is 145 cm³/mol. The van der Waals surface area contributed by atoms with E-state index in [2.05, 4.69) is 25.4 Å². The third-order valence-electron chi connectivity index (χ3n) is 6.80. The molecule has 0 unspecified atom stereocenters. The van der Waals surface area contributed by atoms with Gasteiger partial charge in [-0.2, -0.15) is 0 Å². The largest absolute Gasteiger partial charge is 0.423 e. The number of nitrogens with two attached hydrogens (primary N) is 1. The number of thiazole rings is 1. The maximum absolute atomic E-state index is 13.9. The fraction of sp³-hybridized carbons (Fsp3) is 0.286. The topological polar surface area (TPSA) is 137 Å². The Balaban J connectivity index is 1.35. The molecule has 2 atom stereocenters. The fourth-order valence-electron chi connectivity index (χ4n) is 4.92. The molecule has 4 heterocycles. The molecule has 1 aliphatic rings. The first-order valence-corrected chi connectivity index (χ1v) is 13.6. The molecule has 198 valence electrons. The molecule has 0 saturated carbocycles. The number of aryl methyl sites for hydroxylation is 1. The Morgan fingerprint density at radius 2 is 1.92 bits per heavy atom. The predicted octanol–water partition coefficient (Wildman–Crippen LogP) is 4.95. The molecule has 1 aliphatic heterocycles. The molecule has 3 aromatic heterocycles. The first kappa shape index (κ1) is 25.1. The Hall–Kier alpha value is -4.22. The van der Waals surface area contributed by atoms with Crippen molar-refractivity contribution in [3.8, 4) is 22.9 Å². The molecule has 10 nitrogen and oxygen atoms in total. The van der Waals surface area contributed by atoms with Gasteiger partial charge in [0, 0.05) is 34.3 Å². The number of nitrogens with zero attached hydrogens (tertiary/aromatic N) is 6. The normalized spacial score (nSPS) is 16.9. The van der Waals surface area contributed by atoms with Gasteiger partial charge in [0.1, 0.15) is 5.01 Å². The molecule has 0 aliphatic carbocycles. The van der Waals surface area contributed by atoms with E-state index in [1.165, 1.54) is 6.39 Å². The maximum Gasteiger partial charge on any atom is 0.254 e. The highest BCUT2D eigenvalue weighted by Crippen LogP contribution is 2.36. The van der Waals surface area contributed by atoms with Gasteiger partial charge in [0.05, 0.1) is 11.6 Å². The zero-order valence-electron chi connectivity index (χ0n) is 21.6. The summed E-state index contributed by atoms with van der Waals surface area (Å²) >= 11 is 1.59. The van der Waals surface area contributed by atoms with Gasteiger partial charge < -0.3 is 19.5 Å². The second-order valence-electron chi connectivity index (χ2n) is 10.0. The Morgan fingerprint density at radius 1 is 1.13 bits per heavy atom. The summed E-state index contributed by atoms with van der Waals surface area (Å²) in [5, 5.41) is 19.4. The van der Waals surface area contributed by atoms with E-state index < -0.39 is 5.54 Å². The van der Waals surface area contributed by atoms with E-state index in [1.54, 1.807) is 29.5 Å². The van der Waals surface area contributed by atoms with Gasteiger partial charge in [0.15, 0.2) is 0 Å². The Labute approximate surface area is 228 Å². The molecule has 2 aromatic carbocycles. The molecule has 11 heteroatoms. The molecule has 0 bridgehead atoms. The summed E-state index contributed by atoms with van der Waals surface area (Å²) in [4.78, 5) is 20.4. The molecular formula is C28H27N7O3S. The highest BCUT2D eigenvalue weighted by atomic mass is 32.1. The van der Waals surface area contributed by atoms with E-state index in [0.717, 1.165) is 29.1 Å². The Bertz CT molecular complexity index is 1590. The smallest absolute Gasteiger partial charge is 0.254 e. The van der Waals surface area contributed by atoms with Crippen molar-refractivity contribution in [3.05, 3.63) is 88.0 Å². The zero-order chi connectivity index (χ0) is 27.0. The fourth-order valence-corrected chi connectivity index (χ4v) is 5.86. The lowest BCUT2D eigenvalue weighted by Crippen LogP contribution is -2.35. The number of aromatic nitrogens is 5. The van der Waals surface area contributed by atoms with Gasteiger partial charge in [-0.05, 0) is 56.9 Å². The number of benzene rings is 2. The highest BCUT2D eigenvalue weighted by molar-refractivity contribution is 7.09. The number of carbonyl (C=O) groups is 1. The maximum atomic E-state index is 13.9. The number of hydrogen-bond acceptors (Lipinski definition) is 10. The van der Waals surface area contributed by atoms with E-state index in [4.69, 9.17) is 14.6 Å². The van der Waals surface area contributed by atoms with Crippen LogP contribution in [0.15, 0.2) is 69.1 Å². The van der Waals surface area contributed by atoms with Crippen LogP contribution in [0.1, 0.15) is 58.3 Å². The van der Waals surface area contributed by atoms with Crippen LogP contribution in [0.4, 0.5) is 0 Å². The van der Waals surface area contributed by atoms with Crippen molar-refractivity contribution in [1.82, 2.24) is 30.3 Å². The Morgan fingerprint density at radius 3 is 2.64 bits per heavy atom. The van der Waals surface area contributed by atoms with Gasteiger partial charge in [0.2, 0.25) is 24.1 Å². The van der Waals surface area contributed by atoms with Gasteiger partial charge in [-0.3, -0.25) is 4.79 Å². The minimum Gasteiger partial charge on any atom is -0.423 e. The molecule has 6 rings (SSSR count). The van der Waals surface area contributed by atoms with Crippen LogP contribution in [0.3, 0.4) is 0 Å². The van der Waals surface area contributed by atoms with E-state index in [-0.39, 0.29) is 23.7 Å². The quantitative estimate of drug-likeness (QED) is 0.303. The standard InChI is InChI=1S/C28H27N7O3S/c1-17-15-39-25(31-17)22-9-6-10-35(22)26(36)21-12-19(23-32-30-16-37-23)11-20(13-21)24-33-34-27(38-24)28(2,29)14-18-7-4-3-5-8-18/h3-5,7-8,11-13,15-16,22H,6,9-10,14,29H2,1-2H3/t22-,28-/m1/s1. The van der Waals surface area contributed by atoms with Gasteiger partial charge in [-0.15, -0.1) is 31.7 Å². The minimum absolute atomic E-state index is 0.0577. The monoisotopic (exact) mass is 541 g/mol. The summed E-state index contributed by atoms with van der Waals surface area (Å²) in [5.41, 5.74) is 9.34. The van der Waals surface area contributed by atoms with Crippen molar-refractivity contribution in [2.45, 2.75) is 44.7 Å². The lowest BCUT2D eigenvalue weighted by Gasteiger charge is -2.23. The number of carbonyl (C=O) groups excluding carboxylic acids is 1. The van der Waals surface area contributed by atoms with E-state index in [1.807, 2.05) is 54.5 Å². The van der Waals surface area contributed by atoms with Crippen molar-refractivity contribution < 1.29 is 13.6 Å². The van der Waals surface area contributed by atoms with E-state index in [0.29, 0.717) is 35.5 Å². The Kier molecular flexibility index (Phi) is 6.53. The van der Waals surface area contributed by atoms with Crippen molar-refractivity contribution in [2.24, 2.45) is 5.73 Å². The lowest BCUT2D eigenvalue weighted by atomic mass is 9.94. The molecule has 0 radical (unpaired) electrons. The molecule has 39 heavy (non-hydrogen) atoms. The molecule has 1 saturated heterocycles. The van der Waals surface area contributed by atoms with Crippen molar-refractivity contribution in [3.63, 3.8) is 0 Å². The van der Waals surface area contributed by atoms with Gasteiger partial charge >= 0.3 is 0 Å². The van der Waals surface area contributed by atoms with Gasteiger partial charge in [0.25, 0.3) is 5.91 Å². The molecule has 1 fully saturated rings. The molecular weight excluding hydrogens is 514 g/mol. The van der Waals surface area contributed by atoms with Crippen LogP contribution in [0.2, 0.25) is 0 Å². The van der Waals surface area contributed by atoms with Crippen LogP contribution in [0.25, 0.3) is 22.9 Å². The van der Waals surface area contributed by atoms with Gasteiger partial charge in [-0.1, -0.05) is 30.3 Å². The van der Waals surface area contributed by atoms with Crippen LogP contribution in [0, 0.1) is 6.92 Å². The SMILES string of the molecule is Cc1csc([C@H]2CCCN2C(=O)c2cc(-c3nnco3)cc(-c3nnc([C@](C)(N)Cc4ccccc4)o3)c2)n1. The molecule has 5 aromatic rings. The van der Waals surface area contributed by atoms with Crippen LogP contribution < -0.4 is 5.73 Å². The zero-order valence-corrected chi connectivity index (χ0v) is 22.4. The molecule has 2 N–H and O–H groups in total. The lowest BCUT2D eigenvalue weighted by molar-refractivity contribution is 0.0735. The second kappa shape index (κ2) is 10.2. The third kappa shape index (κ3) is 5.10. The number of rotatable bonds is 7. The summed E-state index contributed by atoms with van der Waals surface area (Å²) in [7, 11) is 0.